The zero-order valence-corrected chi connectivity index (χ0v) is 10.8. The number of anilines is 1. The van der Waals surface area contributed by atoms with Gasteiger partial charge >= 0.3 is 0 Å². The second-order valence-electron chi connectivity index (χ2n) is 3.28. The molecule has 1 heterocycles. The fraction of sp³-hybridized carbons (Fsp3) is 0.600. The summed E-state index contributed by atoms with van der Waals surface area (Å²) >= 11 is 3.47. The Morgan fingerprint density at radius 1 is 1.47 bits per heavy atom. The lowest BCUT2D eigenvalue weighted by Crippen LogP contribution is -2.32. The Balaban J connectivity index is 2.74. The summed E-state index contributed by atoms with van der Waals surface area (Å²) < 4.78 is 0.953. The maximum atomic E-state index is 4.29. The molecular weight excluding hydrogens is 256 g/mol. The van der Waals surface area contributed by atoms with Crippen LogP contribution in [0.25, 0.3) is 0 Å². The van der Waals surface area contributed by atoms with Crippen molar-refractivity contribution in [1.29, 1.82) is 0 Å². The van der Waals surface area contributed by atoms with Crippen LogP contribution in [0.4, 0.5) is 5.82 Å². The number of nitrogens with one attached hydrogen (secondary N) is 1. The Bertz CT molecular complexity index is 293. The Kier molecular flexibility index (Phi) is 5.57. The van der Waals surface area contributed by atoms with Crippen LogP contribution in [0.3, 0.4) is 0 Å². The zero-order chi connectivity index (χ0) is 11.1. The highest BCUT2D eigenvalue weighted by Crippen LogP contribution is 2.21. The fourth-order valence-corrected chi connectivity index (χ4v) is 1.85. The molecule has 0 spiro atoms. The topological polar surface area (TPSA) is 41.0 Å². The monoisotopic (exact) mass is 272 g/mol. The highest BCUT2D eigenvalue weighted by molar-refractivity contribution is 9.10. The van der Waals surface area contributed by atoms with E-state index < -0.39 is 0 Å². The molecule has 0 aliphatic heterocycles. The van der Waals surface area contributed by atoms with Crippen LogP contribution < -0.4 is 10.2 Å². The van der Waals surface area contributed by atoms with E-state index in [4.69, 9.17) is 0 Å². The van der Waals surface area contributed by atoms with Gasteiger partial charge in [0.05, 0.1) is 4.47 Å². The highest BCUT2D eigenvalue weighted by Gasteiger charge is 2.09. The smallest absolute Gasteiger partial charge is 0.146 e. The molecule has 1 N–H and O–H groups in total. The van der Waals surface area contributed by atoms with Crippen molar-refractivity contribution in [2.75, 3.05) is 31.6 Å². The van der Waals surface area contributed by atoms with Crippen LogP contribution in [0.5, 0.6) is 0 Å². The molecule has 5 heteroatoms. The maximum Gasteiger partial charge on any atom is 0.146 e. The van der Waals surface area contributed by atoms with Gasteiger partial charge in [0.25, 0.3) is 0 Å². The van der Waals surface area contributed by atoms with Crippen molar-refractivity contribution in [2.45, 2.75) is 13.3 Å². The van der Waals surface area contributed by atoms with E-state index in [9.17, 15) is 0 Å². The number of nitrogens with zero attached hydrogens (tertiary/aromatic N) is 3. The number of hydrogen-bond donors (Lipinski definition) is 1. The summed E-state index contributed by atoms with van der Waals surface area (Å²) in [6.07, 6.45) is 4.48. The van der Waals surface area contributed by atoms with Gasteiger partial charge in [-0.05, 0) is 29.4 Å². The van der Waals surface area contributed by atoms with E-state index in [1.54, 1.807) is 12.5 Å². The molecule has 4 nitrogen and oxygen atoms in total. The minimum atomic E-state index is 0.953. The van der Waals surface area contributed by atoms with Gasteiger partial charge in [0.1, 0.15) is 12.1 Å². The Morgan fingerprint density at radius 2 is 2.27 bits per heavy atom. The first kappa shape index (κ1) is 12.4. The van der Waals surface area contributed by atoms with Gasteiger partial charge in [0.15, 0.2) is 0 Å². The normalized spacial score (nSPS) is 10.3. The molecule has 0 saturated heterocycles. The molecule has 0 bridgehead atoms. The van der Waals surface area contributed by atoms with Gasteiger partial charge in [0.2, 0.25) is 0 Å². The Morgan fingerprint density at radius 3 is 2.87 bits per heavy atom. The first-order valence-electron chi connectivity index (χ1n) is 5.14. The second kappa shape index (κ2) is 6.74. The van der Waals surface area contributed by atoms with E-state index in [2.05, 4.69) is 43.0 Å². The molecule has 0 saturated carbocycles. The Labute approximate surface area is 99.2 Å². The molecule has 1 aromatic heterocycles. The minimum absolute atomic E-state index is 0.953. The SMILES string of the molecule is CCCN(CCNC)c1ncncc1Br. The summed E-state index contributed by atoms with van der Waals surface area (Å²) in [5.74, 6) is 0.974. The predicted molar refractivity (Wildman–Crippen MR) is 66.2 cm³/mol. The summed E-state index contributed by atoms with van der Waals surface area (Å²) in [6.45, 7) is 5.09. The number of hydrogen-bond acceptors (Lipinski definition) is 4. The van der Waals surface area contributed by atoms with Gasteiger partial charge < -0.3 is 10.2 Å². The first-order chi connectivity index (χ1) is 7.29. The van der Waals surface area contributed by atoms with Crippen molar-refractivity contribution >= 4 is 21.7 Å². The second-order valence-corrected chi connectivity index (χ2v) is 4.14. The van der Waals surface area contributed by atoms with Crippen LogP contribution in [0.15, 0.2) is 17.0 Å². The Hall–Kier alpha value is -0.680. The minimum Gasteiger partial charge on any atom is -0.354 e. The van der Waals surface area contributed by atoms with E-state index in [0.717, 1.165) is 36.3 Å². The summed E-state index contributed by atoms with van der Waals surface area (Å²) in [5.41, 5.74) is 0. The van der Waals surface area contributed by atoms with Crippen molar-refractivity contribution in [3.05, 3.63) is 17.0 Å². The highest BCUT2D eigenvalue weighted by atomic mass is 79.9. The molecule has 0 aromatic carbocycles. The van der Waals surface area contributed by atoms with Gasteiger partial charge in [-0.1, -0.05) is 6.92 Å². The molecule has 0 aliphatic carbocycles. The average Bonchev–Trinajstić information content (AvgIpc) is 2.25. The molecule has 0 aliphatic rings. The lowest BCUT2D eigenvalue weighted by Gasteiger charge is -2.23. The zero-order valence-electron chi connectivity index (χ0n) is 9.20. The van der Waals surface area contributed by atoms with E-state index in [1.165, 1.54) is 0 Å². The first-order valence-corrected chi connectivity index (χ1v) is 5.94. The van der Waals surface area contributed by atoms with Crippen LogP contribution in [-0.4, -0.2) is 36.6 Å². The van der Waals surface area contributed by atoms with Crippen LogP contribution in [0.2, 0.25) is 0 Å². The number of likely N-dealkylation sites (N-methyl/N-ethyl adjacent to an activating group) is 1. The van der Waals surface area contributed by atoms with Gasteiger partial charge in [-0.25, -0.2) is 9.97 Å². The molecule has 0 atom stereocenters. The molecule has 84 valence electrons. The summed E-state index contributed by atoms with van der Waals surface area (Å²) in [4.78, 5) is 10.5. The fourth-order valence-electron chi connectivity index (χ4n) is 1.38. The van der Waals surface area contributed by atoms with E-state index in [0.29, 0.717) is 0 Å². The van der Waals surface area contributed by atoms with Crippen LogP contribution >= 0.6 is 15.9 Å². The quantitative estimate of drug-likeness (QED) is 0.856. The van der Waals surface area contributed by atoms with Crippen LogP contribution in [0, 0.1) is 0 Å². The van der Waals surface area contributed by atoms with E-state index in [-0.39, 0.29) is 0 Å². The molecule has 0 unspecified atom stereocenters. The van der Waals surface area contributed by atoms with E-state index in [1.807, 2.05) is 7.05 Å². The van der Waals surface area contributed by atoms with Gasteiger partial charge in [-0.2, -0.15) is 0 Å². The lowest BCUT2D eigenvalue weighted by molar-refractivity contribution is 0.700. The summed E-state index contributed by atoms with van der Waals surface area (Å²) in [6, 6.07) is 0. The third-order valence-corrected chi connectivity index (χ3v) is 2.63. The maximum absolute atomic E-state index is 4.29. The average molecular weight is 273 g/mol. The third-order valence-electron chi connectivity index (χ3n) is 2.07. The number of rotatable bonds is 6. The van der Waals surface area contributed by atoms with Crippen molar-refractivity contribution in [3.8, 4) is 0 Å². The van der Waals surface area contributed by atoms with E-state index >= 15 is 0 Å². The van der Waals surface area contributed by atoms with Crippen molar-refractivity contribution < 1.29 is 0 Å². The molecule has 1 aromatic rings. The van der Waals surface area contributed by atoms with Gasteiger partial charge in [-0.15, -0.1) is 0 Å². The van der Waals surface area contributed by atoms with Crippen LogP contribution in [0.1, 0.15) is 13.3 Å². The third kappa shape index (κ3) is 3.76. The molecule has 1 rings (SSSR count). The van der Waals surface area contributed by atoms with Gasteiger partial charge in [0, 0.05) is 25.8 Å². The standard InChI is InChI=1S/C10H17BrN4/c1-3-5-15(6-4-12-2)10-9(11)7-13-8-14-10/h7-8,12H,3-6H2,1-2H3. The molecule has 0 radical (unpaired) electrons. The van der Waals surface area contributed by atoms with Crippen molar-refractivity contribution in [3.63, 3.8) is 0 Å². The van der Waals surface area contributed by atoms with Gasteiger partial charge in [-0.3, -0.25) is 0 Å². The lowest BCUT2D eigenvalue weighted by atomic mass is 10.4. The molecule has 0 amide bonds. The predicted octanol–water partition coefficient (Wildman–Crippen LogP) is 1.67. The summed E-state index contributed by atoms with van der Waals surface area (Å²) in [5, 5.41) is 3.15. The molecular formula is C10H17BrN4. The van der Waals surface area contributed by atoms with Crippen LogP contribution in [-0.2, 0) is 0 Å². The van der Waals surface area contributed by atoms with Crippen molar-refractivity contribution in [1.82, 2.24) is 15.3 Å². The molecule has 0 fully saturated rings. The number of aromatic nitrogens is 2. The largest absolute Gasteiger partial charge is 0.354 e. The summed E-state index contributed by atoms with van der Waals surface area (Å²) in [7, 11) is 1.96. The number of halogens is 1. The van der Waals surface area contributed by atoms with Crippen molar-refractivity contribution in [2.24, 2.45) is 0 Å². The molecule has 15 heavy (non-hydrogen) atoms.